The van der Waals surface area contributed by atoms with Crippen molar-refractivity contribution in [3.05, 3.63) is 78.4 Å². The van der Waals surface area contributed by atoms with Crippen LogP contribution in [0.25, 0.3) is 22.5 Å². The molecule has 0 radical (unpaired) electrons. The lowest BCUT2D eigenvalue weighted by Crippen LogP contribution is -2.12. The largest absolute Gasteiger partial charge is 0.497 e. The highest BCUT2D eigenvalue weighted by Gasteiger charge is 2.15. The molecule has 4 aromatic rings. The van der Waals surface area contributed by atoms with E-state index >= 15 is 0 Å². The first-order valence-electron chi connectivity index (χ1n) is 11.1. The van der Waals surface area contributed by atoms with Crippen molar-refractivity contribution in [2.45, 2.75) is 18.5 Å². The summed E-state index contributed by atoms with van der Waals surface area (Å²) in [6, 6.07) is 23.0. The Bertz CT molecular complexity index is 1290. The lowest BCUT2D eigenvalue weighted by atomic mass is 10.0. The highest BCUT2D eigenvalue weighted by atomic mass is 32.2. The zero-order chi connectivity index (χ0) is 24.6. The van der Waals surface area contributed by atoms with Gasteiger partial charge in [-0.15, -0.1) is 10.2 Å². The Kier molecular flexibility index (Phi) is 7.95. The Hall–Kier alpha value is -3.91. The molecule has 0 saturated carbocycles. The molecule has 178 valence electrons. The van der Waals surface area contributed by atoms with Gasteiger partial charge in [0.15, 0.2) is 0 Å². The first-order valence-corrected chi connectivity index (χ1v) is 12.1. The monoisotopic (exact) mass is 486 g/mol. The van der Waals surface area contributed by atoms with E-state index in [1.165, 1.54) is 11.8 Å². The number of nitrogens with zero attached hydrogens (tertiary/aromatic N) is 3. The van der Waals surface area contributed by atoms with E-state index < -0.39 is 0 Å². The summed E-state index contributed by atoms with van der Waals surface area (Å²) in [5, 5.41) is 12.3. The van der Waals surface area contributed by atoms with Crippen molar-refractivity contribution in [1.29, 1.82) is 0 Å². The molecule has 1 amide bonds. The van der Waals surface area contributed by atoms with E-state index in [0.29, 0.717) is 28.7 Å². The quantitative estimate of drug-likeness (QED) is 0.306. The first-order chi connectivity index (χ1) is 17.1. The highest BCUT2D eigenvalue weighted by molar-refractivity contribution is 7.99. The Morgan fingerprint density at radius 1 is 0.857 bits per heavy atom. The van der Waals surface area contributed by atoms with Gasteiger partial charge in [0, 0.05) is 29.0 Å². The van der Waals surface area contributed by atoms with Crippen LogP contribution in [0.1, 0.15) is 12.0 Å². The summed E-state index contributed by atoms with van der Waals surface area (Å²) in [7, 11) is 3.26. The maximum Gasteiger partial charge on any atom is 0.225 e. The molecule has 35 heavy (non-hydrogen) atoms. The number of nitrogens with one attached hydrogen (secondary N) is 1. The van der Waals surface area contributed by atoms with Gasteiger partial charge < -0.3 is 14.8 Å². The maximum atomic E-state index is 12.4. The van der Waals surface area contributed by atoms with E-state index in [4.69, 9.17) is 14.5 Å². The molecule has 0 atom stereocenters. The van der Waals surface area contributed by atoms with E-state index in [0.717, 1.165) is 33.9 Å². The van der Waals surface area contributed by atoms with Gasteiger partial charge in [-0.2, -0.15) is 0 Å². The van der Waals surface area contributed by atoms with E-state index in [-0.39, 0.29) is 5.91 Å². The molecule has 8 heteroatoms. The van der Waals surface area contributed by atoms with Crippen LogP contribution in [0.15, 0.2) is 78.0 Å². The molecule has 0 unspecified atom stereocenters. The second-order valence-corrected chi connectivity index (χ2v) is 8.83. The molecular formula is C27H26N4O3S. The zero-order valence-corrected chi connectivity index (χ0v) is 20.6. The molecule has 7 nitrogen and oxygen atoms in total. The van der Waals surface area contributed by atoms with E-state index in [1.54, 1.807) is 14.2 Å². The third kappa shape index (κ3) is 6.36. The van der Waals surface area contributed by atoms with Crippen LogP contribution < -0.4 is 14.8 Å². The van der Waals surface area contributed by atoms with Gasteiger partial charge in [0.1, 0.15) is 22.9 Å². The average Bonchev–Trinajstić information content (AvgIpc) is 2.89. The highest BCUT2D eigenvalue weighted by Crippen LogP contribution is 2.32. The van der Waals surface area contributed by atoms with Crippen molar-refractivity contribution >= 4 is 23.4 Å². The molecule has 0 spiro atoms. The number of benzene rings is 3. The molecule has 0 aliphatic heterocycles. The number of aromatic nitrogens is 3. The number of hydrogen-bond acceptors (Lipinski definition) is 7. The lowest BCUT2D eigenvalue weighted by molar-refractivity contribution is -0.115. The molecule has 1 N–H and O–H groups in total. The lowest BCUT2D eigenvalue weighted by Gasteiger charge is -2.11. The van der Waals surface area contributed by atoms with Gasteiger partial charge in [-0.3, -0.25) is 4.79 Å². The number of rotatable bonds is 9. The maximum absolute atomic E-state index is 12.4. The minimum absolute atomic E-state index is 0.0544. The Morgan fingerprint density at radius 3 is 2.09 bits per heavy atom. The SMILES string of the molecule is COc1ccc(-c2nnc(SCCC(=O)Nc3cccc(C)c3)nc2-c2ccc(OC)cc2)cc1. The number of methoxy groups -OCH3 is 2. The molecule has 0 aliphatic carbocycles. The number of ether oxygens (including phenoxy) is 2. The fourth-order valence-corrected chi connectivity index (χ4v) is 4.17. The van der Waals surface area contributed by atoms with Gasteiger partial charge in [0.05, 0.1) is 14.2 Å². The number of carbonyl (C=O) groups excluding carboxylic acids is 1. The van der Waals surface area contributed by atoms with Crippen molar-refractivity contribution in [1.82, 2.24) is 15.2 Å². The third-order valence-corrected chi connectivity index (χ3v) is 6.10. The molecule has 0 bridgehead atoms. The second kappa shape index (κ2) is 11.5. The first kappa shape index (κ1) is 24.2. The molecule has 0 aliphatic rings. The molecule has 4 rings (SSSR count). The van der Waals surface area contributed by atoms with Crippen LogP contribution in [-0.2, 0) is 4.79 Å². The van der Waals surface area contributed by atoms with Crippen LogP contribution in [0, 0.1) is 6.92 Å². The number of hydrogen-bond donors (Lipinski definition) is 1. The zero-order valence-electron chi connectivity index (χ0n) is 19.8. The number of thioether (sulfide) groups is 1. The third-order valence-electron chi connectivity index (χ3n) is 5.26. The minimum Gasteiger partial charge on any atom is -0.497 e. The molecule has 0 saturated heterocycles. The molecule has 1 heterocycles. The topological polar surface area (TPSA) is 86.2 Å². The van der Waals surface area contributed by atoms with E-state index in [9.17, 15) is 4.79 Å². The van der Waals surface area contributed by atoms with Crippen molar-refractivity contribution in [2.24, 2.45) is 0 Å². The van der Waals surface area contributed by atoms with E-state index in [2.05, 4.69) is 15.5 Å². The number of aryl methyl sites for hydroxylation is 1. The minimum atomic E-state index is -0.0544. The second-order valence-electron chi connectivity index (χ2n) is 7.76. The van der Waals surface area contributed by atoms with Gasteiger partial charge in [-0.1, -0.05) is 23.9 Å². The van der Waals surface area contributed by atoms with Crippen molar-refractivity contribution in [3.63, 3.8) is 0 Å². The van der Waals surface area contributed by atoms with Crippen LogP contribution >= 0.6 is 11.8 Å². The van der Waals surface area contributed by atoms with Crippen LogP contribution in [0.3, 0.4) is 0 Å². The Balaban J connectivity index is 1.52. The van der Waals surface area contributed by atoms with Gasteiger partial charge in [-0.25, -0.2) is 4.98 Å². The average molecular weight is 487 g/mol. The van der Waals surface area contributed by atoms with Gasteiger partial charge in [0.2, 0.25) is 11.1 Å². The van der Waals surface area contributed by atoms with Gasteiger partial charge in [0.25, 0.3) is 0 Å². The van der Waals surface area contributed by atoms with E-state index in [1.807, 2.05) is 79.7 Å². The van der Waals surface area contributed by atoms with Gasteiger partial charge >= 0.3 is 0 Å². The van der Waals surface area contributed by atoms with Crippen LogP contribution in [0.4, 0.5) is 5.69 Å². The van der Waals surface area contributed by atoms with Crippen LogP contribution in [0.5, 0.6) is 11.5 Å². The predicted molar refractivity (Wildman–Crippen MR) is 139 cm³/mol. The standard InChI is InChI=1S/C27H26N4O3S/c1-18-5-4-6-21(17-18)28-24(32)15-16-35-27-29-25(19-7-11-22(33-2)12-8-19)26(30-31-27)20-9-13-23(34-3)14-10-20/h4-14,17H,15-16H2,1-3H3,(H,28,32). The summed E-state index contributed by atoms with van der Waals surface area (Å²) in [6.07, 6.45) is 0.333. The molecule has 3 aromatic carbocycles. The summed E-state index contributed by atoms with van der Waals surface area (Å²) in [5.41, 5.74) is 5.04. The number of carbonyl (C=O) groups is 1. The van der Waals surface area contributed by atoms with Crippen LogP contribution in [-0.4, -0.2) is 41.1 Å². The van der Waals surface area contributed by atoms with Crippen molar-refractivity contribution in [3.8, 4) is 34.0 Å². The fourth-order valence-electron chi connectivity index (χ4n) is 3.45. The normalized spacial score (nSPS) is 10.6. The summed E-state index contributed by atoms with van der Waals surface area (Å²) < 4.78 is 10.6. The molecule has 1 aromatic heterocycles. The smallest absolute Gasteiger partial charge is 0.225 e. The van der Waals surface area contributed by atoms with Crippen molar-refractivity contribution < 1.29 is 14.3 Å². The summed E-state index contributed by atoms with van der Waals surface area (Å²) in [6.45, 7) is 1.99. The summed E-state index contributed by atoms with van der Waals surface area (Å²) in [4.78, 5) is 17.1. The van der Waals surface area contributed by atoms with Crippen LogP contribution in [0.2, 0.25) is 0 Å². The van der Waals surface area contributed by atoms with Gasteiger partial charge in [-0.05, 0) is 73.2 Å². The molecule has 0 fully saturated rings. The fraction of sp³-hybridized carbons (Fsp3) is 0.185. The molecular weight excluding hydrogens is 460 g/mol. The van der Waals surface area contributed by atoms with Crippen molar-refractivity contribution in [2.75, 3.05) is 25.3 Å². The summed E-state index contributed by atoms with van der Waals surface area (Å²) in [5.74, 6) is 2.00. The summed E-state index contributed by atoms with van der Waals surface area (Å²) >= 11 is 1.40. The Labute approximate surface area is 208 Å². The number of anilines is 1. The Morgan fingerprint density at radius 2 is 1.49 bits per heavy atom. The number of amides is 1. The predicted octanol–water partition coefficient (Wildman–Crippen LogP) is 5.65.